The van der Waals surface area contributed by atoms with E-state index in [1.54, 1.807) is 0 Å². The van der Waals surface area contributed by atoms with Gasteiger partial charge in [0.15, 0.2) is 0 Å². The molecule has 1 aliphatic rings. The minimum atomic E-state index is -0.538. The number of hydrogen-bond donors (Lipinski definition) is 1. The maximum absolute atomic E-state index is 12.5. The van der Waals surface area contributed by atoms with E-state index in [-0.39, 0.29) is 5.91 Å². The summed E-state index contributed by atoms with van der Waals surface area (Å²) in [7, 11) is 0. The van der Waals surface area contributed by atoms with Gasteiger partial charge in [-0.25, -0.2) is 0 Å². The molecular formula is C18H20N2O. The first-order valence-corrected chi connectivity index (χ1v) is 7.20. The van der Waals surface area contributed by atoms with E-state index in [1.807, 2.05) is 67.4 Å². The van der Waals surface area contributed by atoms with Gasteiger partial charge in [0, 0.05) is 0 Å². The Morgan fingerprint density at radius 2 is 1.38 bits per heavy atom. The predicted octanol–water partition coefficient (Wildman–Crippen LogP) is 3.48. The molecule has 0 radical (unpaired) electrons. The van der Waals surface area contributed by atoms with E-state index >= 15 is 0 Å². The van der Waals surface area contributed by atoms with Gasteiger partial charge >= 0.3 is 0 Å². The third-order valence-corrected chi connectivity index (χ3v) is 4.80. The van der Waals surface area contributed by atoms with Crippen molar-refractivity contribution in [3.8, 4) is 0 Å². The lowest BCUT2D eigenvalue weighted by atomic mass is 9.70. The summed E-state index contributed by atoms with van der Waals surface area (Å²) < 4.78 is 0. The molecule has 108 valence electrons. The third-order valence-electron chi connectivity index (χ3n) is 4.80. The Labute approximate surface area is 125 Å². The zero-order chi connectivity index (χ0) is 15.1. The normalized spacial score (nSPS) is 24.0. The van der Waals surface area contributed by atoms with Crippen molar-refractivity contribution in [3.05, 3.63) is 66.2 Å². The quantitative estimate of drug-likeness (QED) is 0.913. The second kappa shape index (κ2) is 4.62. The van der Waals surface area contributed by atoms with Crippen molar-refractivity contribution >= 4 is 11.6 Å². The number of amides is 1. The third kappa shape index (κ3) is 1.84. The molecule has 0 saturated carbocycles. The number of nitrogens with zero attached hydrogens (tertiary/aromatic N) is 1. The fourth-order valence-corrected chi connectivity index (χ4v) is 3.01. The molecule has 1 atom stereocenters. The van der Waals surface area contributed by atoms with E-state index in [2.05, 4.69) is 24.5 Å². The minimum Gasteiger partial charge on any atom is -0.274 e. The van der Waals surface area contributed by atoms with Gasteiger partial charge in [0.25, 0.3) is 0 Å². The van der Waals surface area contributed by atoms with Crippen LogP contribution in [0, 0.1) is 5.41 Å². The lowest BCUT2D eigenvalue weighted by Crippen LogP contribution is -2.49. The summed E-state index contributed by atoms with van der Waals surface area (Å²) in [6, 6.07) is 20.2. The molecular weight excluding hydrogens is 260 g/mol. The second-order valence-electron chi connectivity index (χ2n) is 6.18. The van der Waals surface area contributed by atoms with Gasteiger partial charge < -0.3 is 0 Å². The minimum absolute atomic E-state index is 0.0395. The molecule has 3 heteroatoms. The van der Waals surface area contributed by atoms with E-state index in [1.165, 1.54) is 0 Å². The van der Waals surface area contributed by atoms with Gasteiger partial charge in [-0.3, -0.25) is 15.2 Å². The van der Waals surface area contributed by atoms with Crippen LogP contribution in [0.1, 0.15) is 26.3 Å². The van der Waals surface area contributed by atoms with Gasteiger partial charge in [0.2, 0.25) is 5.91 Å². The number of hydrogen-bond acceptors (Lipinski definition) is 2. The fraction of sp³-hybridized carbons (Fsp3) is 0.278. The summed E-state index contributed by atoms with van der Waals surface area (Å²) in [6.45, 7) is 6.11. The van der Waals surface area contributed by atoms with Crippen LogP contribution < -0.4 is 10.4 Å². The SMILES string of the molecule is CC1(C)C(=O)NN(c2ccccc2)C1(C)c1ccccc1. The Kier molecular flexibility index (Phi) is 3.01. The van der Waals surface area contributed by atoms with Crippen molar-refractivity contribution in [2.24, 2.45) is 5.41 Å². The van der Waals surface area contributed by atoms with E-state index < -0.39 is 11.0 Å². The summed E-state index contributed by atoms with van der Waals surface area (Å²) in [6.07, 6.45) is 0. The molecule has 1 heterocycles. The largest absolute Gasteiger partial charge is 0.274 e. The maximum Gasteiger partial charge on any atom is 0.246 e. The van der Waals surface area contributed by atoms with Crippen molar-refractivity contribution in [2.45, 2.75) is 26.3 Å². The van der Waals surface area contributed by atoms with Crippen molar-refractivity contribution in [3.63, 3.8) is 0 Å². The first kappa shape index (κ1) is 13.7. The Morgan fingerprint density at radius 3 is 1.95 bits per heavy atom. The number of nitrogens with one attached hydrogen (secondary N) is 1. The number of benzene rings is 2. The highest BCUT2D eigenvalue weighted by Gasteiger charge is 2.57. The summed E-state index contributed by atoms with van der Waals surface area (Å²) in [5, 5.41) is 1.99. The predicted molar refractivity (Wildman–Crippen MR) is 84.6 cm³/mol. The lowest BCUT2D eigenvalue weighted by molar-refractivity contribution is -0.127. The number of anilines is 1. The maximum atomic E-state index is 12.5. The van der Waals surface area contributed by atoms with Crippen molar-refractivity contribution in [2.75, 3.05) is 5.01 Å². The van der Waals surface area contributed by atoms with Crippen LogP contribution in [0.4, 0.5) is 5.69 Å². The molecule has 0 spiro atoms. The topological polar surface area (TPSA) is 32.3 Å². The van der Waals surface area contributed by atoms with Crippen molar-refractivity contribution in [1.82, 2.24) is 5.43 Å². The average Bonchev–Trinajstić information content (AvgIpc) is 2.70. The molecule has 2 aromatic rings. The highest BCUT2D eigenvalue weighted by Crippen LogP contribution is 2.49. The molecule has 1 fully saturated rings. The van der Waals surface area contributed by atoms with Crippen LogP contribution in [0.2, 0.25) is 0 Å². The van der Waals surface area contributed by atoms with Gasteiger partial charge in [0.05, 0.1) is 16.6 Å². The monoisotopic (exact) mass is 280 g/mol. The molecule has 3 nitrogen and oxygen atoms in total. The summed E-state index contributed by atoms with van der Waals surface area (Å²) >= 11 is 0. The van der Waals surface area contributed by atoms with Crippen LogP contribution in [0.3, 0.4) is 0 Å². The van der Waals surface area contributed by atoms with E-state index in [0.29, 0.717) is 0 Å². The molecule has 0 aromatic heterocycles. The molecule has 2 aromatic carbocycles. The van der Waals surface area contributed by atoms with Gasteiger partial charge in [-0.1, -0.05) is 48.5 Å². The number of hydrazine groups is 1. The second-order valence-corrected chi connectivity index (χ2v) is 6.18. The number of carbonyl (C=O) groups is 1. The number of para-hydroxylation sites is 1. The van der Waals surface area contributed by atoms with Crippen LogP contribution in [-0.2, 0) is 10.3 Å². The molecule has 1 amide bonds. The summed E-state index contributed by atoms with van der Waals surface area (Å²) in [5.74, 6) is 0.0395. The zero-order valence-corrected chi connectivity index (χ0v) is 12.6. The Balaban J connectivity index is 2.19. The number of rotatable bonds is 2. The Morgan fingerprint density at radius 1 is 0.857 bits per heavy atom. The molecule has 1 aliphatic heterocycles. The standard InChI is InChI=1S/C18H20N2O/c1-17(2)16(21)19-20(15-12-8-5-9-13-15)18(17,3)14-10-6-4-7-11-14/h4-13H,1-3H3,(H,19,21). The molecule has 0 aliphatic carbocycles. The summed E-state index contributed by atoms with van der Waals surface area (Å²) in [5.41, 5.74) is 4.17. The first-order valence-electron chi connectivity index (χ1n) is 7.20. The van der Waals surface area contributed by atoms with Crippen LogP contribution in [0.25, 0.3) is 0 Å². The highest BCUT2D eigenvalue weighted by molar-refractivity contribution is 5.90. The lowest BCUT2D eigenvalue weighted by Gasteiger charge is -2.42. The molecule has 1 N–H and O–H groups in total. The van der Waals surface area contributed by atoms with Crippen molar-refractivity contribution < 1.29 is 4.79 Å². The van der Waals surface area contributed by atoms with E-state index in [0.717, 1.165) is 11.3 Å². The average molecular weight is 280 g/mol. The first-order chi connectivity index (χ1) is 9.98. The van der Waals surface area contributed by atoms with Crippen molar-refractivity contribution in [1.29, 1.82) is 0 Å². The molecule has 21 heavy (non-hydrogen) atoms. The van der Waals surface area contributed by atoms with Gasteiger partial charge in [-0.2, -0.15) is 0 Å². The smallest absolute Gasteiger partial charge is 0.246 e. The number of carbonyl (C=O) groups excluding carboxylic acids is 1. The molecule has 3 rings (SSSR count). The van der Waals surface area contributed by atoms with E-state index in [4.69, 9.17) is 0 Å². The van der Waals surface area contributed by atoms with Crippen LogP contribution >= 0.6 is 0 Å². The molecule has 1 unspecified atom stereocenters. The Hall–Kier alpha value is -2.29. The van der Waals surface area contributed by atoms with Gasteiger partial charge in [-0.05, 0) is 38.5 Å². The van der Waals surface area contributed by atoms with Crippen LogP contribution in [-0.4, -0.2) is 5.91 Å². The Bertz CT molecular complexity index is 651. The van der Waals surface area contributed by atoms with Gasteiger partial charge in [0.1, 0.15) is 0 Å². The highest BCUT2D eigenvalue weighted by atomic mass is 16.2. The van der Waals surface area contributed by atoms with Crippen LogP contribution in [0.15, 0.2) is 60.7 Å². The van der Waals surface area contributed by atoms with Gasteiger partial charge in [-0.15, -0.1) is 0 Å². The summed E-state index contributed by atoms with van der Waals surface area (Å²) in [4.78, 5) is 12.5. The zero-order valence-electron chi connectivity index (χ0n) is 12.6. The molecule has 0 bridgehead atoms. The van der Waals surface area contributed by atoms with Crippen LogP contribution in [0.5, 0.6) is 0 Å². The van der Waals surface area contributed by atoms with E-state index in [9.17, 15) is 4.79 Å². The molecule has 1 saturated heterocycles. The fourth-order valence-electron chi connectivity index (χ4n) is 3.01.